The first-order chi connectivity index (χ1) is 14.4. The van der Waals surface area contributed by atoms with Gasteiger partial charge in [0.25, 0.3) is 0 Å². The molecule has 2 aliphatic rings. The summed E-state index contributed by atoms with van der Waals surface area (Å²) >= 11 is 0. The van der Waals surface area contributed by atoms with E-state index in [4.69, 9.17) is 4.74 Å². The highest BCUT2D eigenvalue weighted by atomic mass is 19.4. The van der Waals surface area contributed by atoms with Gasteiger partial charge >= 0.3 is 12.1 Å². The zero-order chi connectivity index (χ0) is 21.1. The lowest BCUT2D eigenvalue weighted by Crippen LogP contribution is -2.47. The SMILES string of the molecule is O=C(CN1CCOCC1)N1CCC[C@H](c2cccc(-c3noc(C(F)(F)F)n3)n2)C1. The molecule has 2 saturated heterocycles. The first-order valence-electron chi connectivity index (χ1n) is 9.86. The number of likely N-dealkylation sites (tertiary alicyclic amines) is 1. The molecule has 8 nitrogen and oxygen atoms in total. The number of pyridine rings is 1. The molecule has 2 aliphatic heterocycles. The minimum Gasteiger partial charge on any atom is -0.379 e. The predicted molar refractivity (Wildman–Crippen MR) is 98.3 cm³/mol. The van der Waals surface area contributed by atoms with Gasteiger partial charge in [0.15, 0.2) is 0 Å². The fraction of sp³-hybridized carbons (Fsp3) is 0.579. The lowest BCUT2D eigenvalue weighted by Gasteiger charge is -2.35. The number of halogens is 3. The molecule has 162 valence electrons. The fourth-order valence-corrected chi connectivity index (χ4v) is 3.74. The number of amides is 1. The van der Waals surface area contributed by atoms with Gasteiger partial charge in [-0.2, -0.15) is 18.2 Å². The predicted octanol–water partition coefficient (Wildman–Crippen LogP) is 2.19. The molecule has 0 unspecified atom stereocenters. The van der Waals surface area contributed by atoms with E-state index in [-0.39, 0.29) is 23.3 Å². The zero-order valence-electron chi connectivity index (χ0n) is 16.3. The van der Waals surface area contributed by atoms with Crippen molar-refractivity contribution >= 4 is 5.91 Å². The van der Waals surface area contributed by atoms with Crippen molar-refractivity contribution in [3.05, 3.63) is 29.8 Å². The van der Waals surface area contributed by atoms with Crippen molar-refractivity contribution in [1.82, 2.24) is 24.9 Å². The highest BCUT2D eigenvalue weighted by Gasteiger charge is 2.38. The summed E-state index contributed by atoms with van der Waals surface area (Å²) in [5.74, 6) is -1.53. The summed E-state index contributed by atoms with van der Waals surface area (Å²) in [5, 5.41) is 3.40. The first kappa shape index (κ1) is 20.7. The van der Waals surface area contributed by atoms with Gasteiger partial charge in [-0.3, -0.25) is 9.69 Å². The normalized spacial score (nSPS) is 21.0. The molecule has 0 saturated carbocycles. The topological polar surface area (TPSA) is 84.6 Å². The summed E-state index contributed by atoms with van der Waals surface area (Å²) in [5.41, 5.74) is 0.915. The fourth-order valence-electron chi connectivity index (χ4n) is 3.74. The Morgan fingerprint density at radius 1 is 1.17 bits per heavy atom. The third kappa shape index (κ3) is 4.78. The molecule has 0 aromatic carbocycles. The van der Waals surface area contributed by atoms with Crippen LogP contribution in [-0.4, -0.2) is 76.8 Å². The van der Waals surface area contributed by atoms with E-state index in [9.17, 15) is 18.0 Å². The van der Waals surface area contributed by atoms with E-state index in [1.165, 1.54) is 0 Å². The smallest absolute Gasteiger partial charge is 0.379 e. The average Bonchev–Trinajstić information content (AvgIpc) is 3.26. The number of piperidine rings is 1. The molecule has 0 N–H and O–H groups in total. The largest absolute Gasteiger partial charge is 0.471 e. The monoisotopic (exact) mass is 425 g/mol. The maximum absolute atomic E-state index is 12.7. The van der Waals surface area contributed by atoms with Gasteiger partial charge in [-0.25, -0.2) is 4.98 Å². The number of alkyl halides is 3. The third-order valence-electron chi connectivity index (χ3n) is 5.32. The van der Waals surface area contributed by atoms with E-state index in [0.29, 0.717) is 38.5 Å². The number of nitrogens with zero attached hydrogens (tertiary/aromatic N) is 5. The lowest BCUT2D eigenvalue weighted by molar-refractivity contribution is -0.159. The molecule has 11 heteroatoms. The van der Waals surface area contributed by atoms with Crippen LogP contribution in [0.1, 0.15) is 30.3 Å². The summed E-state index contributed by atoms with van der Waals surface area (Å²) in [4.78, 5) is 24.5. The minimum absolute atomic E-state index is 0.00123. The van der Waals surface area contributed by atoms with E-state index >= 15 is 0 Å². The maximum Gasteiger partial charge on any atom is 0.471 e. The molecule has 0 bridgehead atoms. The molecule has 4 heterocycles. The number of morpholine rings is 1. The van der Waals surface area contributed by atoms with Gasteiger partial charge in [-0.15, -0.1) is 0 Å². The van der Waals surface area contributed by atoms with Crippen LogP contribution in [0.2, 0.25) is 0 Å². The summed E-state index contributed by atoms with van der Waals surface area (Å²) in [7, 11) is 0. The molecule has 1 amide bonds. The van der Waals surface area contributed by atoms with Crippen molar-refractivity contribution in [1.29, 1.82) is 0 Å². The highest BCUT2D eigenvalue weighted by Crippen LogP contribution is 2.30. The quantitative estimate of drug-likeness (QED) is 0.742. The number of aromatic nitrogens is 3. The molecule has 4 rings (SSSR count). The molecule has 30 heavy (non-hydrogen) atoms. The Morgan fingerprint density at radius 2 is 1.97 bits per heavy atom. The number of rotatable bonds is 4. The Labute approximate surface area is 171 Å². The second-order valence-corrected chi connectivity index (χ2v) is 7.44. The van der Waals surface area contributed by atoms with Crippen molar-refractivity contribution in [2.45, 2.75) is 24.9 Å². The standard InChI is InChI=1S/C19H22F3N5O3/c20-19(21,22)18-24-17(25-30-18)15-5-1-4-14(23-15)13-3-2-6-27(11-13)16(28)12-26-7-9-29-10-8-26/h1,4-5,13H,2-3,6-12H2/t13-/m0/s1. The molecule has 0 spiro atoms. The number of carbonyl (C=O) groups excluding carboxylic acids is 1. The van der Waals surface area contributed by atoms with Gasteiger partial charge in [0, 0.05) is 37.8 Å². The minimum atomic E-state index is -4.70. The van der Waals surface area contributed by atoms with Crippen LogP contribution in [0.5, 0.6) is 0 Å². The van der Waals surface area contributed by atoms with E-state index in [0.717, 1.165) is 25.9 Å². The molecular weight excluding hydrogens is 403 g/mol. The second-order valence-electron chi connectivity index (χ2n) is 7.44. The Morgan fingerprint density at radius 3 is 2.70 bits per heavy atom. The van der Waals surface area contributed by atoms with Crippen LogP contribution < -0.4 is 0 Å². The van der Waals surface area contributed by atoms with Gasteiger partial charge in [0.05, 0.1) is 19.8 Å². The summed E-state index contributed by atoms with van der Waals surface area (Å²) in [6, 6.07) is 5.06. The Kier molecular flexibility index (Phi) is 6.00. The van der Waals surface area contributed by atoms with Gasteiger partial charge in [-0.1, -0.05) is 11.2 Å². The van der Waals surface area contributed by atoms with Gasteiger partial charge in [-0.05, 0) is 25.0 Å². The average molecular weight is 425 g/mol. The van der Waals surface area contributed by atoms with Crippen LogP contribution in [0, 0.1) is 0 Å². The van der Waals surface area contributed by atoms with Gasteiger partial charge in [0.1, 0.15) is 5.69 Å². The van der Waals surface area contributed by atoms with Crippen LogP contribution >= 0.6 is 0 Å². The molecule has 0 aliphatic carbocycles. The van der Waals surface area contributed by atoms with Gasteiger partial charge in [0.2, 0.25) is 11.7 Å². The molecule has 2 fully saturated rings. The summed E-state index contributed by atoms with van der Waals surface area (Å²) in [6.45, 7) is 4.36. The van der Waals surface area contributed by atoms with Crippen LogP contribution in [0.3, 0.4) is 0 Å². The lowest BCUT2D eigenvalue weighted by atomic mass is 9.94. The number of ether oxygens (including phenoxy) is 1. The van der Waals surface area contributed by atoms with Crippen molar-refractivity contribution < 1.29 is 27.2 Å². The molecular formula is C19H22F3N5O3. The number of hydrogen-bond acceptors (Lipinski definition) is 7. The Bertz CT molecular complexity index is 882. The van der Waals surface area contributed by atoms with Gasteiger partial charge < -0.3 is 14.2 Å². The molecule has 0 radical (unpaired) electrons. The number of hydrogen-bond donors (Lipinski definition) is 0. The van der Waals surface area contributed by atoms with Crippen molar-refractivity contribution in [3.8, 4) is 11.5 Å². The second kappa shape index (κ2) is 8.68. The summed E-state index contributed by atoms with van der Waals surface area (Å²) < 4.78 is 47.7. The highest BCUT2D eigenvalue weighted by molar-refractivity contribution is 5.78. The van der Waals surface area contributed by atoms with Crippen molar-refractivity contribution in [2.75, 3.05) is 45.9 Å². The Hall–Kier alpha value is -2.53. The summed E-state index contributed by atoms with van der Waals surface area (Å²) in [6.07, 6.45) is -3.02. The molecule has 2 aromatic heterocycles. The zero-order valence-corrected chi connectivity index (χ0v) is 16.3. The van der Waals surface area contributed by atoms with Crippen molar-refractivity contribution in [3.63, 3.8) is 0 Å². The van der Waals surface area contributed by atoms with Crippen LogP contribution in [0.15, 0.2) is 22.7 Å². The first-order valence-corrected chi connectivity index (χ1v) is 9.86. The van der Waals surface area contributed by atoms with E-state index in [2.05, 4.69) is 24.5 Å². The molecule has 1 atom stereocenters. The molecule has 2 aromatic rings. The van der Waals surface area contributed by atoms with Crippen LogP contribution in [0.25, 0.3) is 11.5 Å². The number of carbonyl (C=O) groups is 1. The van der Waals surface area contributed by atoms with E-state index in [1.807, 2.05) is 11.0 Å². The Balaban J connectivity index is 1.44. The van der Waals surface area contributed by atoms with E-state index < -0.39 is 12.1 Å². The maximum atomic E-state index is 12.7. The van der Waals surface area contributed by atoms with E-state index in [1.54, 1.807) is 12.1 Å². The van der Waals surface area contributed by atoms with Crippen LogP contribution in [-0.2, 0) is 15.7 Å². The van der Waals surface area contributed by atoms with Crippen molar-refractivity contribution in [2.24, 2.45) is 0 Å². The third-order valence-corrected chi connectivity index (χ3v) is 5.32. The van der Waals surface area contributed by atoms with Crippen LogP contribution in [0.4, 0.5) is 13.2 Å².